The fourth-order valence-corrected chi connectivity index (χ4v) is 4.11. The molecule has 0 radical (unpaired) electrons. The number of rotatable bonds is 7. The van der Waals surface area contributed by atoms with Gasteiger partial charge in [-0.25, -0.2) is 0 Å². The molecule has 1 aliphatic heterocycles. The molecule has 2 rings (SSSR count). The van der Waals surface area contributed by atoms with E-state index in [-0.39, 0.29) is 0 Å². The lowest BCUT2D eigenvalue weighted by atomic mass is 9.92. The van der Waals surface area contributed by atoms with Crippen LogP contribution in [-0.2, 0) is 0 Å². The maximum Gasteiger partial charge on any atom is 0.0217 e. The Morgan fingerprint density at radius 3 is 2.55 bits per heavy atom. The molecule has 1 heterocycles. The summed E-state index contributed by atoms with van der Waals surface area (Å²) in [5.74, 6) is 1.65. The Morgan fingerprint density at radius 1 is 1.15 bits per heavy atom. The third-order valence-electron chi connectivity index (χ3n) is 5.27. The molecule has 0 spiro atoms. The lowest BCUT2D eigenvalue weighted by molar-refractivity contribution is 0.227. The van der Waals surface area contributed by atoms with Gasteiger partial charge in [0.15, 0.2) is 0 Å². The van der Waals surface area contributed by atoms with Crippen molar-refractivity contribution in [3.8, 4) is 0 Å². The Balaban J connectivity index is 1.81. The Hall–Kier alpha value is -0.120. The van der Waals surface area contributed by atoms with Gasteiger partial charge in [-0.2, -0.15) is 0 Å². The molecular weight excluding hydrogens is 246 g/mol. The molecule has 1 aliphatic carbocycles. The summed E-state index contributed by atoms with van der Waals surface area (Å²) in [5.41, 5.74) is 0. The second kappa shape index (κ2) is 7.77. The minimum Gasteiger partial charge on any atom is -0.314 e. The molecule has 4 atom stereocenters. The molecule has 0 aromatic heterocycles. The van der Waals surface area contributed by atoms with Crippen LogP contribution < -0.4 is 10.6 Å². The van der Waals surface area contributed by atoms with E-state index in [2.05, 4.69) is 43.5 Å². The van der Waals surface area contributed by atoms with E-state index >= 15 is 0 Å². The number of nitrogens with one attached hydrogen (secondary N) is 2. The van der Waals surface area contributed by atoms with Gasteiger partial charge in [-0.15, -0.1) is 0 Å². The molecule has 2 fully saturated rings. The van der Waals surface area contributed by atoms with Crippen LogP contribution in [0, 0.1) is 11.8 Å². The molecular formula is C17H35N3. The quantitative estimate of drug-likeness (QED) is 0.751. The first-order valence-electron chi connectivity index (χ1n) is 8.71. The SMILES string of the molecule is CC(C)CC(CNC1CCCC1C1CCCN1)N(C)C. The number of likely N-dealkylation sites (N-methyl/N-ethyl adjacent to an activating group) is 1. The third-order valence-corrected chi connectivity index (χ3v) is 5.27. The van der Waals surface area contributed by atoms with Crippen LogP contribution >= 0.6 is 0 Å². The minimum absolute atomic E-state index is 0.674. The Kier molecular flexibility index (Phi) is 6.31. The van der Waals surface area contributed by atoms with E-state index < -0.39 is 0 Å². The maximum atomic E-state index is 3.91. The summed E-state index contributed by atoms with van der Waals surface area (Å²) in [7, 11) is 4.44. The van der Waals surface area contributed by atoms with Crippen LogP contribution in [0.5, 0.6) is 0 Å². The van der Waals surface area contributed by atoms with Gasteiger partial charge < -0.3 is 15.5 Å². The predicted molar refractivity (Wildman–Crippen MR) is 87.1 cm³/mol. The van der Waals surface area contributed by atoms with E-state index in [0.717, 1.165) is 30.5 Å². The number of hydrogen-bond acceptors (Lipinski definition) is 3. The van der Waals surface area contributed by atoms with Crippen molar-refractivity contribution in [2.75, 3.05) is 27.2 Å². The summed E-state index contributed by atoms with van der Waals surface area (Å²) in [6.45, 7) is 7.05. The van der Waals surface area contributed by atoms with Crippen molar-refractivity contribution in [3.05, 3.63) is 0 Å². The first kappa shape index (κ1) is 16.3. The molecule has 1 saturated heterocycles. The van der Waals surface area contributed by atoms with Crippen LogP contribution in [0.2, 0.25) is 0 Å². The zero-order valence-electron chi connectivity index (χ0n) is 14.0. The molecule has 20 heavy (non-hydrogen) atoms. The first-order chi connectivity index (χ1) is 9.58. The van der Waals surface area contributed by atoms with E-state index in [1.807, 2.05) is 0 Å². The maximum absolute atomic E-state index is 3.91. The average Bonchev–Trinajstić information content (AvgIpc) is 3.03. The monoisotopic (exact) mass is 281 g/mol. The normalized spacial score (nSPS) is 32.4. The summed E-state index contributed by atoms with van der Waals surface area (Å²) in [5, 5.41) is 7.63. The third kappa shape index (κ3) is 4.44. The zero-order valence-corrected chi connectivity index (χ0v) is 14.0. The molecule has 2 N–H and O–H groups in total. The van der Waals surface area contributed by atoms with E-state index in [9.17, 15) is 0 Å². The highest BCUT2D eigenvalue weighted by atomic mass is 15.1. The highest BCUT2D eigenvalue weighted by Crippen LogP contribution is 2.32. The van der Waals surface area contributed by atoms with Gasteiger partial charge in [0.25, 0.3) is 0 Å². The fraction of sp³-hybridized carbons (Fsp3) is 1.00. The standard InChI is InChI=1S/C17H35N3/c1-13(2)11-14(20(3)4)12-19-17-8-5-7-15(17)16-9-6-10-18-16/h13-19H,5-12H2,1-4H3. The Bertz CT molecular complexity index is 271. The average molecular weight is 281 g/mol. The van der Waals surface area contributed by atoms with Crippen molar-refractivity contribution >= 4 is 0 Å². The highest BCUT2D eigenvalue weighted by molar-refractivity contribution is 4.93. The summed E-state index contributed by atoms with van der Waals surface area (Å²) in [6.07, 6.45) is 8.28. The van der Waals surface area contributed by atoms with Crippen LogP contribution in [0.1, 0.15) is 52.4 Å². The van der Waals surface area contributed by atoms with Gasteiger partial charge in [0.1, 0.15) is 0 Å². The summed E-state index contributed by atoms with van der Waals surface area (Å²) >= 11 is 0. The van der Waals surface area contributed by atoms with Gasteiger partial charge >= 0.3 is 0 Å². The van der Waals surface area contributed by atoms with Crippen LogP contribution in [0.15, 0.2) is 0 Å². The Morgan fingerprint density at radius 2 is 1.95 bits per heavy atom. The molecule has 0 amide bonds. The van der Waals surface area contributed by atoms with E-state index in [4.69, 9.17) is 0 Å². The molecule has 2 aliphatic rings. The van der Waals surface area contributed by atoms with Crippen molar-refractivity contribution in [3.63, 3.8) is 0 Å². The van der Waals surface area contributed by atoms with Crippen molar-refractivity contribution in [1.82, 2.24) is 15.5 Å². The van der Waals surface area contributed by atoms with Crippen molar-refractivity contribution in [2.24, 2.45) is 11.8 Å². The van der Waals surface area contributed by atoms with Gasteiger partial charge in [-0.3, -0.25) is 0 Å². The zero-order chi connectivity index (χ0) is 14.5. The Labute approximate surface area is 125 Å². The van der Waals surface area contributed by atoms with Gasteiger partial charge in [0.2, 0.25) is 0 Å². The van der Waals surface area contributed by atoms with Crippen LogP contribution in [0.25, 0.3) is 0 Å². The molecule has 0 bridgehead atoms. The molecule has 3 heteroatoms. The summed E-state index contributed by atoms with van der Waals surface area (Å²) in [4.78, 5) is 2.39. The lowest BCUT2D eigenvalue weighted by Gasteiger charge is -2.31. The highest BCUT2D eigenvalue weighted by Gasteiger charge is 2.34. The topological polar surface area (TPSA) is 27.3 Å². The van der Waals surface area contributed by atoms with Gasteiger partial charge in [-0.1, -0.05) is 20.3 Å². The first-order valence-corrected chi connectivity index (χ1v) is 8.71. The second-order valence-corrected chi connectivity index (χ2v) is 7.56. The van der Waals surface area contributed by atoms with E-state index in [0.29, 0.717) is 6.04 Å². The molecule has 0 aromatic carbocycles. The lowest BCUT2D eigenvalue weighted by Crippen LogP contribution is -2.47. The molecule has 118 valence electrons. The van der Waals surface area contributed by atoms with E-state index in [1.54, 1.807) is 0 Å². The predicted octanol–water partition coefficient (Wildman–Crippen LogP) is 2.47. The second-order valence-electron chi connectivity index (χ2n) is 7.56. The molecule has 0 aromatic rings. The fourth-order valence-electron chi connectivity index (χ4n) is 4.11. The summed E-state index contributed by atoms with van der Waals surface area (Å²) in [6, 6.07) is 2.21. The molecule has 3 nitrogen and oxygen atoms in total. The molecule has 1 saturated carbocycles. The van der Waals surface area contributed by atoms with E-state index in [1.165, 1.54) is 45.1 Å². The van der Waals surface area contributed by atoms with Crippen LogP contribution in [0.3, 0.4) is 0 Å². The van der Waals surface area contributed by atoms with Gasteiger partial charge in [0, 0.05) is 24.7 Å². The minimum atomic E-state index is 0.674. The van der Waals surface area contributed by atoms with Crippen molar-refractivity contribution in [1.29, 1.82) is 0 Å². The largest absolute Gasteiger partial charge is 0.314 e. The molecule has 4 unspecified atom stereocenters. The smallest absolute Gasteiger partial charge is 0.0217 e. The van der Waals surface area contributed by atoms with Gasteiger partial charge in [0.05, 0.1) is 0 Å². The van der Waals surface area contributed by atoms with Crippen molar-refractivity contribution in [2.45, 2.75) is 70.5 Å². The van der Waals surface area contributed by atoms with Crippen LogP contribution in [0.4, 0.5) is 0 Å². The van der Waals surface area contributed by atoms with Crippen molar-refractivity contribution < 1.29 is 0 Å². The number of nitrogens with zero attached hydrogens (tertiary/aromatic N) is 1. The van der Waals surface area contributed by atoms with Gasteiger partial charge in [-0.05, 0) is 64.6 Å². The summed E-state index contributed by atoms with van der Waals surface area (Å²) < 4.78 is 0. The number of hydrogen-bond donors (Lipinski definition) is 2. The van der Waals surface area contributed by atoms with Crippen LogP contribution in [-0.4, -0.2) is 50.2 Å².